The molecule has 6 aromatic rings. The third-order valence-corrected chi connectivity index (χ3v) is 8.25. The van der Waals surface area contributed by atoms with Crippen molar-refractivity contribution in [1.29, 1.82) is 0 Å². The molecule has 0 radical (unpaired) electrons. The van der Waals surface area contributed by atoms with Crippen LogP contribution >= 0.6 is 0 Å². The van der Waals surface area contributed by atoms with Crippen LogP contribution in [-0.4, -0.2) is 23.4 Å². The highest BCUT2D eigenvalue weighted by Gasteiger charge is 2.29. The summed E-state index contributed by atoms with van der Waals surface area (Å²) in [5, 5.41) is 20.4. The molecule has 0 fully saturated rings. The minimum Gasteiger partial charge on any atom is -0.398 e. The molecule has 218 valence electrons. The van der Waals surface area contributed by atoms with E-state index >= 15 is 0 Å². The second-order valence-corrected chi connectivity index (χ2v) is 10.9. The molecule has 0 aliphatic heterocycles. The van der Waals surface area contributed by atoms with E-state index < -0.39 is 0 Å². The predicted octanol–water partition coefficient (Wildman–Crippen LogP) is 8.26. The van der Waals surface area contributed by atoms with Crippen molar-refractivity contribution in [1.82, 2.24) is 0 Å². The van der Waals surface area contributed by atoms with Gasteiger partial charge in [-0.3, -0.25) is 0 Å². The number of rotatable bonds is 9. The Balaban J connectivity index is 1.92. The zero-order chi connectivity index (χ0) is 30.5. The van der Waals surface area contributed by atoms with Crippen LogP contribution in [0.5, 0.6) is 0 Å². The highest BCUT2D eigenvalue weighted by Crippen LogP contribution is 2.54. The SMILES string of the molecule is Nc1ccc(-c2c(-c3ccccc3)c(-c3ccccc3)c(N)c(-c3ccccc3)c2-c2ccccc2)c(CCO)c1CCO. The molecular weight excluding hydrogens is 540 g/mol. The monoisotopic (exact) mass is 576 g/mol. The van der Waals surface area contributed by atoms with Gasteiger partial charge in [0.05, 0.1) is 0 Å². The van der Waals surface area contributed by atoms with Gasteiger partial charge in [0.2, 0.25) is 0 Å². The van der Waals surface area contributed by atoms with Gasteiger partial charge in [0.1, 0.15) is 0 Å². The number of hydrogen-bond acceptors (Lipinski definition) is 4. The maximum absolute atomic E-state index is 10.3. The standard InChI is InChI=1S/C40H36N2O2/c41-34-22-21-33(31(23-25-43)32(34)24-26-44)39-35(27-13-5-1-6-14-27)37(29-17-9-3-10-18-29)40(42)38(30-19-11-4-12-20-30)36(39)28-15-7-2-8-16-28/h1-22,43-44H,23-26,41-42H2. The highest BCUT2D eigenvalue weighted by atomic mass is 16.3. The molecule has 4 heteroatoms. The molecule has 6 N–H and O–H groups in total. The zero-order valence-electron chi connectivity index (χ0n) is 24.6. The molecule has 0 saturated carbocycles. The van der Waals surface area contributed by atoms with Crippen molar-refractivity contribution in [2.45, 2.75) is 12.8 Å². The number of nitrogen functional groups attached to an aromatic ring is 2. The van der Waals surface area contributed by atoms with Gasteiger partial charge in [-0.1, -0.05) is 127 Å². The maximum atomic E-state index is 10.3. The van der Waals surface area contributed by atoms with Gasteiger partial charge in [-0.2, -0.15) is 0 Å². The fourth-order valence-corrected chi connectivity index (χ4v) is 6.38. The van der Waals surface area contributed by atoms with E-state index in [2.05, 4.69) is 54.6 Å². The van der Waals surface area contributed by atoms with Crippen LogP contribution in [0.4, 0.5) is 11.4 Å². The lowest BCUT2D eigenvalue weighted by molar-refractivity contribution is 0.293. The quantitative estimate of drug-likeness (QED) is 0.130. The molecule has 0 atom stereocenters. The summed E-state index contributed by atoms with van der Waals surface area (Å²) < 4.78 is 0. The Kier molecular flexibility index (Phi) is 8.55. The smallest absolute Gasteiger partial charge is 0.0486 e. The Morgan fingerprint density at radius 3 is 1.14 bits per heavy atom. The van der Waals surface area contributed by atoms with Crippen molar-refractivity contribution in [3.05, 3.63) is 145 Å². The summed E-state index contributed by atoms with van der Waals surface area (Å²) in [4.78, 5) is 0. The van der Waals surface area contributed by atoms with Gasteiger partial charge in [-0.15, -0.1) is 0 Å². The van der Waals surface area contributed by atoms with Crippen molar-refractivity contribution in [3.8, 4) is 55.6 Å². The van der Waals surface area contributed by atoms with E-state index in [4.69, 9.17) is 11.5 Å². The average Bonchev–Trinajstić information content (AvgIpc) is 3.08. The normalized spacial score (nSPS) is 11.0. The van der Waals surface area contributed by atoms with Gasteiger partial charge in [-0.05, 0) is 63.4 Å². The lowest BCUT2D eigenvalue weighted by Gasteiger charge is -2.28. The number of benzene rings is 6. The number of aliphatic hydroxyl groups is 2. The molecule has 0 aliphatic rings. The van der Waals surface area contributed by atoms with E-state index in [0.29, 0.717) is 24.2 Å². The van der Waals surface area contributed by atoms with E-state index in [0.717, 1.165) is 66.8 Å². The first-order valence-electron chi connectivity index (χ1n) is 15.0. The van der Waals surface area contributed by atoms with E-state index in [1.165, 1.54) is 0 Å². The van der Waals surface area contributed by atoms with Crippen LogP contribution in [0.1, 0.15) is 11.1 Å². The fourth-order valence-electron chi connectivity index (χ4n) is 6.38. The average molecular weight is 577 g/mol. The lowest BCUT2D eigenvalue weighted by Crippen LogP contribution is -2.09. The summed E-state index contributed by atoms with van der Waals surface area (Å²) in [6.07, 6.45) is 0.784. The van der Waals surface area contributed by atoms with E-state index in [-0.39, 0.29) is 13.2 Å². The molecular formula is C40H36N2O2. The summed E-state index contributed by atoms with van der Waals surface area (Å²) in [5.41, 5.74) is 27.0. The summed E-state index contributed by atoms with van der Waals surface area (Å²) in [5.74, 6) is 0. The largest absolute Gasteiger partial charge is 0.398 e. The van der Waals surface area contributed by atoms with Gasteiger partial charge in [0.25, 0.3) is 0 Å². The first-order valence-corrected chi connectivity index (χ1v) is 15.0. The minimum atomic E-state index is -0.0533. The van der Waals surface area contributed by atoms with E-state index in [1.807, 2.05) is 78.9 Å². The topological polar surface area (TPSA) is 92.5 Å². The minimum absolute atomic E-state index is 0.0462. The highest BCUT2D eigenvalue weighted by molar-refractivity contribution is 6.14. The van der Waals surface area contributed by atoms with Gasteiger partial charge in [0, 0.05) is 46.8 Å². The van der Waals surface area contributed by atoms with Crippen molar-refractivity contribution < 1.29 is 10.2 Å². The summed E-state index contributed by atoms with van der Waals surface area (Å²) in [7, 11) is 0. The van der Waals surface area contributed by atoms with Gasteiger partial charge < -0.3 is 21.7 Å². The molecule has 0 bridgehead atoms. The predicted molar refractivity (Wildman–Crippen MR) is 184 cm³/mol. The molecule has 44 heavy (non-hydrogen) atoms. The van der Waals surface area contributed by atoms with Crippen molar-refractivity contribution in [2.75, 3.05) is 24.7 Å². The maximum Gasteiger partial charge on any atom is 0.0486 e. The van der Waals surface area contributed by atoms with Crippen LogP contribution in [0.15, 0.2) is 133 Å². The van der Waals surface area contributed by atoms with E-state index in [9.17, 15) is 10.2 Å². The van der Waals surface area contributed by atoms with Crippen LogP contribution in [0.25, 0.3) is 55.6 Å². The number of anilines is 2. The van der Waals surface area contributed by atoms with E-state index in [1.54, 1.807) is 0 Å². The van der Waals surface area contributed by atoms with Crippen LogP contribution in [0.2, 0.25) is 0 Å². The van der Waals surface area contributed by atoms with Crippen molar-refractivity contribution in [2.24, 2.45) is 0 Å². The van der Waals surface area contributed by atoms with Gasteiger partial charge >= 0.3 is 0 Å². The Morgan fingerprint density at radius 2 is 0.750 bits per heavy atom. The molecule has 6 rings (SSSR count). The number of hydrogen-bond donors (Lipinski definition) is 4. The Morgan fingerprint density at radius 1 is 0.386 bits per heavy atom. The van der Waals surface area contributed by atoms with Crippen LogP contribution in [0, 0.1) is 0 Å². The summed E-state index contributed by atoms with van der Waals surface area (Å²) >= 11 is 0. The lowest BCUT2D eigenvalue weighted by atomic mass is 9.76. The third kappa shape index (κ3) is 5.37. The molecule has 4 nitrogen and oxygen atoms in total. The number of nitrogens with two attached hydrogens (primary N) is 2. The molecule has 0 saturated heterocycles. The Labute approximate surface area is 258 Å². The number of aliphatic hydroxyl groups excluding tert-OH is 2. The van der Waals surface area contributed by atoms with Crippen LogP contribution in [0.3, 0.4) is 0 Å². The van der Waals surface area contributed by atoms with Crippen LogP contribution < -0.4 is 11.5 Å². The van der Waals surface area contributed by atoms with Crippen molar-refractivity contribution >= 4 is 11.4 Å². The third-order valence-electron chi connectivity index (χ3n) is 8.25. The second-order valence-electron chi connectivity index (χ2n) is 10.9. The summed E-state index contributed by atoms with van der Waals surface area (Å²) in [6, 6.07) is 45.3. The van der Waals surface area contributed by atoms with Crippen molar-refractivity contribution in [3.63, 3.8) is 0 Å². The first kappa shape index (κ1) is 28.9. The molecule has 6 aromatic carbocycles. The Bertz CT molecular complexity index is 1770. The fraction of sp³-hybridized carbons (Fsp3) is 0.100. The molecule has 0 unspecified atom stereocenters. The molecule has 0 aromatic heterocycles. The Hall–Kier alpha value is -5.16. The van der Waals surface area contributed by atoms with Gasteiger partial charge in [-0.25, -0.2) is 0 Å². The zero-order valence-corrected chi connectivity index (χ0v) is 24.6. The van der Waals surface area contributed by atoms with Gasteiger partial charge in [0.15, 0.2) is 0 Å². The summed E-state index contributed by atoms with van der Waals surface area (Å²) in [6.45, 7) is -0.0995. The first-order chi connectivity index (χ1) is 21.6. The molecule has 0 heterocycles. The second kappa shape index (κ2) is 13.0. The molecule has 0 amide bonds. The molecule has 0 spiro atoms. The molecule has 0 aliphatic carbocycles. The van der Waals surface area contributed by atoms with Crippen LogP contribution in [-0.2, 0) is 12.8 Å².